The minimum Gasteiger partial charge on any atom is -0.462 e. The normalized spacial score (nSPS) is 23.7. The average molecular weight is 210 g/mol. The van der Waals surface area contributed by atoms with Gasteiger partial charge in [-0.2, -0.15) is 0 Å². The van der Waals surface area contributed by atoms with E-state index in [1.807, 2.05) is 0 Å². The van der Waals surface area contributed by atoms with Crippen molar-refractivity contribution in [1.29, 1.82) is 0 Å². The molecule has 2 aliphatic rings. The molecule has 2 rings (SSSR count). The SMILES string of the molecule is O=C(OCCCCO)C1=C2CCC(C2)C1. The minimum atomic E-state index is -0.106. The van der Waals surface area contributed by atoms with E-state index in [1.54, 1.807) is 0 Å². The molecular weight excluding hydrogens is 192 g/mol. The minimum absolute atomic E-state index is 0.106. The number of carbonyl (C=O) groups excluding carboxylic acids is 1. The molecule has 2 aliphatic carbocycles. The largest absolute Gasteiger partial charge is 0.462 e. The third-order valence-electron chi connectivity index (χ3n) is 3.34. The summed E-state index contributed by atoms with van der Waals surface area (Å²) in [6.45, 7) is 0.619. The Balaban J connectivity index is 1.77. The van der Waals surface area contributed by atoms with Crippen molar-refractivity contribution >= 4 is 5.97 Å². The number of aliphatic hydroxyl groups excluding tert-OH is 1. The van der Waals surface area contributed by atoms with Crippen LogP contribution in [0.15, 0.2) is 11.1 Å². The number of fused-ring (bicyclic) bond motifs is 2. The van der Waals surface area contributed by atoms with E-state index in [0.29, 0.717) is 13.0 Å². The predicted molar refractivity (Wildman–Crippen MR) is 56.3 cm³/mol. The van der Waals surface area contributed by atoms with Gasteiger partial charge < -0.3 is 9.84 Å². The maximum atomic E-state index is 11.7. The van der Waals surface area contributed by atoms with Crippen molar-refractivity contribution in [1.82, 2.24) is 0 Å². The van der Waals surface area contributed by atoms with E-state index in [9.17, 15) is 4.79 Å². The molecule has 15 heavy (non-hydrogen) atoms. The number of allylic oxidation sites excluding steroid dienone is 1. The number of ether oxygens (including phenoxy) is 1. The summed E-state index contributed by atoms with van der Waals surface area (Å²) in [6.07, 6.45) is 5.90. The third kappa shape index (κ3) is 2.40. The molecule has 0 radical (unpaired) electrons. The van der Waals surface area contributed by atoms with Crippen molar-refractivity contribution < 1.29 is 14.6 Å². The van der Waals surface area contributed by atoms with Crippen LogP contribution in [0, 0.1) is 5.92 Å². The van der Waals surface area contributed by atoms with Crippen LogP contribution in [0.3, 0.4) is 0 Å². The summed E-state index contributed by atoms with van der Waals surface area (Å²) in [4.78, 5) is 11.7. The first-order chi connectivity index (χ1) is 7.31. The lowest BCUT2D eigenvalue weighted by Gasteiger charge is -2.11. The van der Waals surface area contributed by atoms with Gasteiger partial charge >= 0.3 is 5.97 Å². The van der Waals surface area contributed by atoms with Gasteiger partial charge in [-0.1, -0.05) is 5.57 Å². The first-order valence-corrected chi connectivity index (χ1v) is 5.80. The average Bonchev–Trinajstić information content (AvgIpc) is 2.85. The van der Waals surface area contributed by atoms with E-state index in [-0.39, 0.29) is 12.6 Å². The van der Waals surface area contributed by atoms with Gasteiger partial charge in [0.25, 0.3) is 0 Å². The molecule has 0 spiro atoms. The quantitative estimate of drug-likeness (QED) is 0.556. The Bertz CT molecular complexity index is 281. The number of aliphatic hydroxyl groups is 1. The Morgan fingerprint density at radius 3 is 2.87 bits per heavy atom. The molecule has 0 aliphatic heterocycles. The number of carbonyl (C=O) groups is 1. The molecule has 1 fully saturated rings. The summed E-state index contributed by atoms with van der Waals surface area (Å²) in [5, 5.41) is 8.58. The van der Waals surface area contributed by atoms with E-state index in [4.69, 9.17) is 9.84 Å². The highest BCUT2D eigenvalue weighted by Crippen LogP contribution is 2.44. The number of rotatable bonds is 5. The Morgan fingerprint density at radius 2 is 2.27 bits per heavy atom. The van der Waals surface area contributed by atoms with Gasteiger partial charge in [0.05, 0.1) is 6.61 Å². The maximum Gasteiger partial charge on any atom is 0.333 e. The fourth-order valence-electron chi connectivity index (χ4n) is 2.51. The molecule has 2 bridgehead atoms. The van der Waals surface area contributed by atoms with Gasteiger partial charge in [0.1, 0.15) is 0 Å². The summed E-state index contributed by atoms with van der Waals surface area (Å²) in [7, 11) is 0. The fraction of sp³-hybridized carbons (Fsp3) is 0.750. The highest BCUT2D eigenvalue weighted by Gasteiger charge is 2.33. The van der Waals surface area contributed by atoms with Crippen molar-refractivity contribution in [2.24, 2.45) is 5.92 Å². The molecule has 1 atom stereocenters. The third-order valence-corrected chi connectivity index (χ3v) is 3.34. The van der Waals surface area contributed by atoms with Gasteiger partial charge in [0, 0.05) is 12.2 Å². The molecule has 0 amide bonds. The molecule has 3 nitrogen and oxygen atoms in total. The number of hydrogen-bond acceptors (Lipinski definition) is 3. The van der Waals surface area contributed by atoms with Crippen LogP contribution < -0.4 is 0 Å². The number of esters is 1. The second-order valence-electron chi connectivity index (χ2n) is 4.46. The molecule has 0 aromatic rings. The van der Waals surface area contributed by atoms with Crippen molar-refractivity contribution in [3.05, 3.63) is 11.1 Å². The van der Waals surface area contributed by atoms with Gasteiger partial charge in [-0.15, -0.1) is 0 Å². The molecule has 84 valence electrons. The molecule has 1 unspecified atom stereocenters. The van der Waals surface area contributed by atoms with Gasteiger partial charge in [-0.3, -0.25) is 0 Å². The van der Waals surface area contributed by atoms with Crippen LogP contribution in [0.4, 0.5) is 0 Å². The lowest BCUT2D eigenvalue weighted by Crippen LogP contribution is -2.11. The lowest BCUT2D eigenvalue weighted by atomic mass is 9.99. The topological polar surface area (TPSA) is 46.5 Å². The van der Waals surface area contributed by atoms with E-state index in [2.05, 4.69) is 0 Å². The molecule has 3 heteroatoms. The molecule has 0 heterocycles. The van der Waals surface area contributed by atoms with Crippen LogP contribution in [0.2, 0.25) is 0 Å². The summed E-state index contributed by atoms with van der Waals surface area (Å²) in [6, 6.07) is 0. The summed E-state index contributed by atoms with van der Waals surface area (Å²) in [5.41, 5.74) is 2.29. The highest BCUT2D eigenvalue weighted by molar-refractivity contribution is 5.90. The van der Waals surface area contributed by atoms with Gasteiger partial charge in [-0.05, 0) is 44.4 Å². The molecule has 1 saturated carbocycles. The first-order valence-electron chi connectivity index (χ1n) is 5.80. The zero-order valence-electron chi connectivity index (χ0n) is 9.00. The molecular formula is C12H18O3. The van der Waals surface area contributed by atoms with Crippen LogP contribution in [0.1, 0.15) is 38.5 Å². The monoisotopic (exact) mass is 210 g/mol. The van der Waals surface area contributed by atoms with Crippen molar-refractivity contribution in [3.63, 3.8) is 0 Å². The lowest BCUT2D eigenvalue weighted by molar-refractivity contribution is -0.139. The summed E-state index contributed by atoms with van der Waals surface area (Å²) < 4.78 is 5.17. The zero-order chi connectivity index (χ0) is 10.7. The molecule has 0 aromatic heterocycles. The van der Waals surface area contributed by atoms with Gasteiger partial charge in [-0.25, -0.2) is 4.79 Å². The summed E-state index contributed by atoms with van der Waals surface area (Å²) >= 11 is 0. The van der Waals surface area contributed by atoms with Crippen LogP contribution in [-0.4, -0.2) is 24.3 Å². The van der Waals surface area contributed by atoms with Gasteiger partial charge in [0.2, 0.25) is 0 Å². The van der Waals surface area contributed by atoms with E-state index < -0.39 is 0 Å². The molecule has 0 aromatic carbocycles. The fourth-order valence-corrected chi connectivity index (χ4v) is 2.51. The van der Waals surface area contributed by atoms with Crippen LogP contribution in [0.5, 0.6) is 0 Å². The Labute approximate surface area is 90.1 Å². The van der Waals surface area contributed by atoms with Crippen LogP contribution in [0.25, 0.3) is 0 Å². The first kappa shape index (κ1) is 10.7. The van der Waals surface area contributed by atoms with Crippen molar-refractivity contribution in [2.45, 2.75) is 38.5 Å². The zero-order valence-corrected chi connectivity index (χ0v) is 9.00. The van der Waals surface area contributed by atoms with Crippen molar-refractivity contribution in [3.8, 4) is 0 Å². The highest BCUT2D eigenvalue weighted by atomic mass is 16.5. The standard InChI is InChI=1S/C12H18O3/c13-5-1-2-6-15-12(14)11-8-9-3-4-10(11)7-9/h9,13H,1-8H2. The Morgan fingerprint density at radius 1 is 1.40 bits per heavy atom. The van der Waals surface area contributed by atoms with Gasteiger partial charge in [0.15, 0.2) is 0 Å². The van der Waals surface area contributed by atoms with Crippen LogP contribution >= 0.6 is 0 Å². The number of unbranched alkanes of at least 4 members (excludes halogenated alkanes) is 1. The molecule has 1 N–H and O–H groups in total. The second kappa shape index (κ2) is 4.79. The summed E-state index contributed by atoms with van der Waals surface area (Å²) in [5.74, 6) is 0.616. The smallest absolute Gasteiger partial charge is 0.333 e. The predicted octanol–water partition coefficient (Wildman–Crippen LogP) is 1.80. The Hall–Kier alpha value is -0.830. The number of hydrogen-bond donors (Lipinski definition) is 1. The Kier molecular flexibility index (Phi) is 3.41. The van der Waals surface area contributed by atoms with E-state index in [0.717, 1.165) is 37.2 Å². The van der Waals surface area contributed by atoms with E-state index >= 15 is 0 Å². The van der Waals surface area contributed by atoms with E-state index in [1.165, 1.54) is 12.0 Å². The van der Waals surface area contributed by atoms with Crippen LogP contribution in [-0.2, 0) is 9.53 Å². The second-order valence-corrected chi connectivity index (χ2v) is 4.46. The maximum absolute atomic E-state index is 11.7. The molecule has 0 saturated heterocycles. The van der Waals surface area contributed by atoms with Crippen molar-refractivity contribution in [2.75, 3.05) is 13.2 Å².